The molecule has 0 spiro atoms. The molecule has 11 atom stereocenters. The molecule has 11 unspecified atom stereocenters. The van der Waals surface area contributed by atoms with Crippen molar-refractivity contribution in [3.8, 4) is 0 Å². The van der Waals surface area contributed by atoms with Crippen molar-refractivity contribution in [3.05, 3.63) is 11.6 Å². The number of esters is 2. The minimum atomic E-state index is -0.183. The van der Waals surface area contributed by atoms with E-state index >= 15 is 0 Å². The first-order chi connectivity index (χ1) is 19.1. The van der Waals surface area contributed by atoms with E-state index in [1.165, 1.54) is 37.7 Å². The van der Waals surface area contributed by atoms with E-state index in [-0.39, 0.29) is 51.2 Å². The second kappa shape index (κ2) is 10.4. The maximum Gasteiger partial charge on any atom is 0.303 e. The summed E-state index contributed by atoms with van der Waals surface area (Å²) >= 11 is 0. The Balaban J connectivity index is 1.50. The maximum atomic E-state index is 12.3. The summed E-state index contributed by atoms with van der Waals surface area (Å²) in [7, 11) is 0. The summed E-state index contributed by atoms with van der Waals surface area (Å²) in [5.41, 5.74) is 1.98. The van der Waals surface area contributed by atoms with Gasteiger partial charge in [0.1, 0.15) is 12.2 Å². The molecule has 0 radical (unpaired) electrons. The molecular weight excluding hydrogens is 512 g/mol. The van der Waals surface area contributed by atoms with E-state index in [0.717, 1.165) is 19.3 Å². The molecule has 4 saturated carbocycles. The van der Waals surface area contributed by atoms with Crippen LogP contribution in [0.4, 0.5) is 0 Å². The van der Waals surface area contributed by atoms with Crippen LogP contribution in [0.25, 0.3) is 0 Å². The van der Waals surface area contributed by atoms with Gasteiger partial charge in [0.05, 0.1) is 6.61 Å². The van der Waals surface area contributed by atoms with Crippen LogP contribution in [-0.4, -0.2) is 37.4 Å². The molecule has 5 aliphatic carbocycles. The molecule has 0 aliphatic heterocycles. The summed E-state index contributed by atoms with van der Waals surface area (Å²) in [4.78, 5) is 24.3. The van der Waals surface area contributed by atoms with Gasteiger partial charge in [0.2, 0.25) is 0 Å². The Morgan fingerprint density at radius 3 is 2.12 bits per heavy atom. The van der Waals surface area contributed by atoms with E-state index in [4.69, 9.17) is 14.2 Å². The first kappa shape index (κ1) is 31.1. The summed E-state index contributed by atoms with van der Waals surface area (Å²) in [6.45, 7) is 24.0. The number of rotatable bonds is 5. The van der Waals surface area contributed by atoms with Crippen LogP contribution in [0.15, 0.2) is 11.6 Å². The molecule has 5 nitrogen and oxygen atoms in total. The summed E-state index contributed by atoms with van der Waals surface area (Å²) < 4.78 is 18.0. The van der Waals surface area contributed by atoms with Gasteiger partial charge < -0.3 is 14.2 Å². The zero-order chi connectivity index (χ0) is 30.2. The second-order valence-electron chi connectivity index (χ2n) is 16.4. The summed E-state index contributed by atoms with van der Waals surface area (Å²) in [6.07, 6.45) is 11.4. The SMILES string of the molecule is CCOCC1=CC(OC(C)=O)C2(C)CCC3(C)C(CCC4C5(C)CCC(OC(C)=O)C(C)(C)C5CCC43C)C2C1C. The van der Waals surface area contributed by atoms with Crippen LogP contribution in [0.1, 0.15) is 121 Å². The van der Waals surface area contributed by atoms with Gasteiger partial charge in [-0.15, -0.1) is 0 Å². The van der Waals surface area contributed by atoms with E-state index in [1.807, 2.05) is 0 Å². The smallest absolute Gasteiger partial charge is 0.303 e. The molecule has 0 aromatic carbocycles. The lowest BCUT2D eigenvalue weighted by molar-refractivity contribution is -0.258. The maximum absolute atomic E-state index is 12.3. The molecule has 232 valence electrons. The Hall–Kier alpha value is -1.36. The highest BCUT2D eigenvalue weighted by Crippen LogP contribution is 2.77. The number of hydrogen-bond donors (Lipinski definition) is 0. The van der Waals surface area contributed by atoms with Gasteiger partial charge >= 0.3 is 11.9 Å². The second-order valence-corrected chi connectivity index (χ2v) is 16.4. The van der Waals surface area contributed by atoms with Crippen molar-refractivity contribution < 1.29 is 23.8 Å². The van der Waals surface area contributed by atoms with Gasteiger partial charge in [-0.25, -0.2) is 0 Å². The van der Waals surface area contributed by atoms with E-state index in [0.29, 0.717) is 42.8 Å². The van der Waals surface area contributed by atoms with Crippen molar-refractivity contribution in [3.63, 3.8) is 0 Å². The summed E-state index contributed by atoms with van der Waals surface area (Å²) in [5, 5.41) is 0. The molecule has 4 fully saturated rings. The highest BCUT2D eigenvalue weighted by molar-refractivity contribution is 5.66. The van der Waals surface area contributed by atoms with E-state index in [9.17, 15) is 9.59 Å². The van der Waals surface area contributed by atoms with Crippen LogP contribution in [0.5, 0.6) is 0 Å². The van der Waals surface area contributed by atoms with Crippen molar-refractivity contribution in [2.24, 2.45) is 56.7 Å². The van der Waals surface area contributed by atoms with Crippen molar-refractivity contribution in [1.82, 2.24) is 0 Å². The predicted molar refractivity (Wildman–Crippen MR) is 162 cm³/mol. The summed E-state index contributed by atoms with van der Waals surface area (Å²) in [6, 6.07) is 0. The molecule has 0 bridgehead atoms. The molecule has 41 heavy (non-hydrogen) atoms. The molecule has 5 aliphatic rings. The molecule has 5 heteroatoms. The number of hydrogen-bond acceptors (Lipinski definition) is 5. The average molecular weight is 571 g/mol. The van der Waals surface area contributed by atoms with Crippen LogP contribution >= 0.6 is 0 Å². The Bertz CT molecular complexity index is 1080. The van der Waals surface area contributed by atoms with Gasteiger partial charge in [-0.1, -0.05) is 48.5 Å². The van der Waals surface area contributed by atoms with Crippen LogP contribution in [0, 0.1) is 56.7 Å². The molecule has 0 aromatic heterocycles. The van der Waals surface area contributed by atoms with Gasteiger partial charge in [-0.3, -0.25) is 9.59 Å². The van der Waals surface area contributed by atoms with Crippen LogP contribution in [-0.2, 0) is 23.8 Å². The zero-order valence-corrected chi connectivity index (χ0v) is 27.7. The standard InChI is InChI=1S/C36H58O5/c1-11-39-21-25-20-30(41-24(4)38)34(8)18-19-35(9)26(31(34)22(25)2)12-13-28-33(7)16-15-29(40-23(3)37)32(5,6)27(33)14-17-36(28,35)10/h20,22,26-31H,11-19,21H2,1-10H3. The highest BCUT2D eigenvalue weighted by atomic mass is 16.5. The highest BCUT2D eigenvalue weighted by Gasteiger charge is 2.70. The van der Waals surface area contributed by atoms with Crippen molar-refractivity contribution in [2.75, 3.05) is 13.2 Å². The Morgan fingerprint density at radius 2 is 1.49 bits per heavy atom. The fourth-order valence-electron chi connectivity index (χ4n) is 12.3. The molecule has 5 rings (SSSR count). The topological polar surface area (TPSA) is 61.8 Å². The number of fused-ring (bicyclic) bond motifs is 7. The number of ether oxygens (including phenoxy) is 3. The first-order valence-electron chi connectivity index (χ1n) is 16.7. The summed E-state index contributed by atoms with van der Waals surface area (Å²) in [5.74, 6) is 2.36. The predicted octanol–water partition coefficient (Wildman–Crippen LogP) is 8.15. The van der Waals surface area contributed by atoms with Gasteiger partial charge in [-0.2, -0.15) is 0 Å². The van der Waals surface area contributed by atoms with Gasteiger partial charge in [0.25, 0.3) is 0 Å². The third-order valence-corrected chi connectivity index (χ3v) is 14.5. The molecule has 0 heterocycles. The van der Waals surface area contributed by atoms with Crippen LogP contribution in [0.2, 0.25) is 0 Å². The molecular formula is C36H58O5. The van der Waals surface area contributed by atoms with Crippen LogP contribution in [0.3, 0.4) is 0 Å². The lowest BCUT2D eigenvalue weighted by Crippen LogP contribution is -2.68. The fraction of sp³-hybridized carbons (Fsp3) is 0.889. The van der Waals surface area contributed by atoms with Gasteiger partial charge in [0, 0.05) is 31.3 Å². The number of carbonyl (C=O) groups is 2. The third-order valence-electron chi connectivity index (χ3n) is 14.5. The van der Waals surface area contributed by atoms with Crippen molar-refractivity contribution in [1.29, 1.82) is 0 Å². The first-order valence-corrected chi connectivity index (χ1v) is 16.7. The van der Waals surface area contributed by atoms with Gasteiger partial charge in [0.15, 0.2) is 0 Å². The van der Waals surface area contributed by atoms with Crippen molar-refractivity contribution in [2.45, 2.75) is 133 Å². The monoisotopic (exact) mass is 570 g/mol. The Kier molecular flexibility index (Phi) is 7.86. The zero-order valence-electron chi connectivity index (χ0n) is 27.7. The molecule has 0 amide bonds. The third kappa shape index (κ3) is 4.48. The van der Waals surface area contributed by atoms with Gasteiger partial charge in [-0.05, 0) is 116 Å². The molecule has 0 N–H and O–H groups in total. The normalized spacial score (nSPS) is 48.4. The number of carbonyl (C=O) groups excluding carboxylic acids is 2. The largest absolute Gasteiger partial charge is 0.462 e. The van der Waals surface area contributed by atoms with E-state index in [2.05, 4.69) is 61.5 Å². The quantitative estimate of drug-likeness (QED) is 0.247. The van der Waals surface area contributed by atoms with Crippen LogP contribution < -0.4 is 0 Å². The Labute approximate surface area is 249 Å². The Morgan fingerprint density at radius 1 is 0.805 bits per heavy atom. The fourth-order valence-corrected chi connectivity index (χ4v) is 12.3. The molecule has 0 aromatic rings. The van der Waals surface area contributed by atoms with E-state index in [1.54, 1.807) is 13.8 Å². The average Bonchev–Trinajstić information content (AvgIpc) is 2.87. The molecule has 0 saturated heterocycles. The lowest BCUT2D eigenvalue weighted by atomic mass is 9.31. The minimum Gasteiger partial charge on any atom is -0.462 e. The van der Waals surface area contributed by atoms with Crippen molar-refractivity contribution >= 4 is 11.9 Å². The van der Waals surface area contributed by atoms with E-state index < -0.39 is 0 Å². The lowest BCUT2D eigenvalue weighted by Gasteiger charge is -2.73. The minimum absolute atomic E-state index is 0.0154.